The molecule has 1 N–H and O–H groups in total. The van der Waals surface area contributed by atoms with Crippen molar-refractivity contribution in [2.45, 2.75) is 19.9 Å². The molecule has 5 aromatic rings. The molecule has 5 heteroatoms. The minimum absolute atomic E-state index is 0.162. The van der Waals surface area contributed by atoms with E-state index in [-0.39, 0.29) is 12.3 Å². The van der Waals surface area contributed by atoms with Crippen molar-refractivity contribution in [3.63, 3.8) is 0 Å². The van der Waals surface area contributed by atoms with Gasteiger partial charge in [-0.1, -0.05) is 72.8 Å². The minimum Gasteiger partial charge on any atom is -0.494 e. The molecule has 1 amide bonds. The van der Waals surface area contributed by atoms with Crippen LogP contribution >= 0.6 is 0 Å². The maximum Gasteiger partial charge on any atom is 0.244 e. The van der Waals surface area contributed by atoms with Crippen LogP contribution in [0.15, 0.2) is 102 Å². The van der Waals surface area contributed by atoms with Gasteiger partial charge in [-0.2, -0.15) is 5.10 Å². The Kier molecular flexibility index (Phi) is 6.57. The van der Waals surface area contributed by atoms with Crippen LogP contribution in [0.2, 0.25) is 0 Å². The van der Waals surface area contributed by atoms with Gasteiger partial charge in [-0.05, 0) is 47.0 Å². The number of amides is 1. The highest BCUT2D eigenvalue weighted by Gasteiger charge is 2.09. The van der Waals surface area contributed by atoms with Crippen molar-refractivity contribution in [3.05, 3.63) is 114 Å². The van der Waals surface area contributed by atoms with Crippen molar-refractivity contribution in [2.24, 2.45) is 5.10 Å². The highest BCUT2D eigenvalue weighted by Crippen LogP contribution is 2.24. The third-order valence-corrected chi connectivity index (χ3v) is 6.03. The summed E-state index contributed by atoms with van der Waals surface area (Å²) >= 11 is 0. The van der Waals surface area contributed by atoms with Crippen LogP contribution in [0.4, 0.5) is 0 Å². The molecule has 5 nitrogen and oxygen atoms in total. The van der Waals surface area contributed by atoms with Gasteiger partial charge in [0.1, 0.15) is 5.75 Å². The van der Waals surface area contributed by atoms with Gasteiger partial charge < -0.3 is 9.30 Å². The van der Waals surface area contributed by atoms with Crippen molar-refractivity contribution in [2.75, 3.05) is 6.61 Å². The van der Waals surface area contributed by atoms with Gasteiger partial charge in [0.2, 0.25) is 5.91 Å². The van der Waals surface area contributed by atoms with Gasteiger partial charge in [0.15, 0.2) is 0 Å². The number of hydrazone groups is 1. The monoisotopic (exact) mass is 461 g/mol. The predicted molar refractivity (Wildman–Crippen MR) is 142 cm³/mol. The number of hydrogen-bond acceptors (Lipinski definition) is 3. The number of nitrogens with one attached hydrogen (secondary N) is 1. The summed E-state index contributed by atoms with van der Waals surface area (Å²) in [7, 11) is 0. The Morgan fingerprint density at radius 1 is 0.914 bits per heavy atom. The molecule has 0 spiro atoms. The molecular weight excluding hydrogens is 434 g/mol. The summed E-state index contributed by atoms with van der Waals surface area (Å²) in [4.78, 5) is 12.4. The maximum atomic E-state index is 12.4. The summed E-state index contributed by atoms with van der Waals surface area (Å²) < 4.78 is 7.69. The molecule has 1 heterocycles. The Balaban J connectivity index is 1.32. The second kappa shape index (κ2) is 10.3. The number of nitrogens with zero attached hydrogens (tertiary/aromatic N) is 2. The molecule has 0 fully saturated rings. The van der Waals surface area contributed by atoms with Crippen molar-refractivity contribution in [3.8, 4) is 5.75 Å². The number of aromatic nitrogens is 1. The molecule has 0 atom stereocenters. The van der Waals surface area contributed by atoms with E-state index in [1.807, 2.05) is 43.3 Å². The molecule has 0 saturated carbocycles. The number of ether oxygens (including phenoxy) is 1. The number of hydrogen-bond donors (Lipinski definition) is 1. The zero-order valence-corrected chi connectivity index (χ0v) is 19.6. The molecular formula is C30H27N3O2. The van der Waals surface area contributed by atoms with Gasteiger partial charge in [0.05, 0.1) is 19.2 Å². The van der Waals surface area contributed by atoms with E-state index in [2.05, 4.69) is 75.9 Å². The molecule has 0 aliphatic rings. The number of para-hydroxylation sites is 1. The van der Waals surface area contributed by atoms with Crippen LogP contribution in [0.5, 0.6) is 5.75 Å². The summed E-state index contributed by atoms with van der Waals surface area (Å²) in [6, 6.07) is 30.7. The van der Waals surface area contributed by atoms with Crippen molar-refractivity contribution >= 4 is 33.8 Å². The number of carbonyl (C=O) groups excluding carboxylic acids is 1. The predicted octanol–water partition coefficient (Wildman–Crippen LogP) is 5.93. The van der Waals surface area contributed by atoms with E-state index in [1.54, 1.807) is 6.21 Å². The third kappa shape index (κ3) is 5.09. The van der Waals surface area contributed by atoms with Crippen LogP contribution in [-0.4, -0.2) is 23.3 Å². The Hall–Kier alpha value is -4.38. The Morgan fingerprint density at radius 3 is 2.49 bits per heavy atom. The van der Waals surface area contributed by atoms with E-state index in [0.717, 1.165) is 34.3 Å². The molecule has 1 aromatic heterocycles. The fourth-order valence-electron chi connectivity index (χ4n) is 4.39. The van der Waals surface area contributed by atoms with Crippen molar-refractivity contribution < 1.29 is 9.53 Å². The van der Waals surface area contributed by atoms with Crippen LogP contribution in [0, 0.1) is 0 Å². The standard InChI is InChI=1S/C30H27N3O2/c1-2-35-26-16-14-22(15-17-26)18-30(34)32-31-19-25-21-33(29-13-6-5-12-28(25)29)20-24-10-7-9-23-8-3-4-11-27(23)24/h3-17,19,21H,2,18,20H2,1H3,(H,32,34)/b31-19-. The van der Waals surface area contributed by atoms with Crippen LogP contribution in [0.25, 0.3) is 21.7 Å². The highest BCUT2D eigenvalue weighted by atomic mass is 16.5. The van der Waals surface area contributed by atoms with Gasteiger partial charge in [0, 0.05) is 29.2 Å². The second-order valence-electron chi connectivity index (χ2n) is 8.41. The lowest BCUT2D eigenvalue weighted by Gasteiger charge is -2.09. The molecule has 0 radical (unpaired) electrons. The minimum atomic E-state index is -0.162. The van der Waals surface area contributed by atoms with Crippen LogP contribution in [0.3, 0.4) is 0 Å². The van der Waals surface area contributed by atoms with Gasteiger partial charge >= 0.3 is 0 Å². The van der Waals surface area contributed by atoms with Crippen LogP contribution < -0.4 is 10.2 Å². The fraction of sp³-hybridized carbons (Fsp3) is 0.133. The molecule has 0 aliphatic heterocycles. The lowest BCUT2D eigenvalue weighted by Crippen LogP contribution is -2.19. The first kappa shape index (κ1) is 22.4. The van der Waals surface area contributed by atoms with Crippen LogP contribution in [-0.2, 0) is 17.8 Å². The van der Waals surface area contributed by atoms with Crippen molar-refractivity contribution in [1.82, 2.24) is 9.99 Å². The molecule has 0 bridgehead atoms. The average molecular weight is 462 g/mol. The quantitative estimate of drug-likeness (QED) is 0.230. The number of fused-ring (bicyclic) bond motifs is 2. The molecule has 0 unspecified atom stereocenters. The molecule has 35 heavy (non-hydrogen) atoms. The smallest absolute Gasteiger partial charge is 0.244 e. The maximum absolute atomic E-state index is 12.4. The number of carbonyl (C=O) groups is 1. The lowest BCUT2D eigenvalue weighted by atomic mass is 10.0. The Labute approximate surface area is 204 Å². The zero-order chi connectivity index (χ0) is 24.0. The van der Waals surface area contributed by atoms with Gasteiger partial charge in [-0.15, -0.1) is 0 Å². The third-order valence-electron chi connectivity index (χ3n) is 6.03. The van der Waals surface area contributed by atoms with E-state index in [9.17, 15) is 4.79 Å². The van der Waals surface area contributed by atoms with Crippen LogP contribution in [0.1, 0.15) is 23.6 Å². The van der Waals surface area contributed by atoms with Gasteiger partial charge in [-0.25, -0.2) is 5.43 Å². The van der Waals surface area contributed by atoms with E-state index >= 15 is 0 Å². The number of benzene rings is 4. The summed E-state index contributed by atoms with van der Waals surface area (Å²) in [5.74, 6) is 0.638. The van der Waals surface area contributed by atoms with Crippen molar-refractivity contribution in [1.29, 1.82) is 0 Å². The second-order valence-corrected chi connectivity index (χ2v) is 8.41. The first-order valence-electron chi connectivity index (χ1n) is 11.8. The number of rotatable bonds is 8. The SMILES string of the molecule is CCOc1ccc(CC(=O)N/N=C\c2cn(Cc3cccc4ccccc34)c3ccccc23)cc1. The molecule has 4 aromatic carbocycles. The molecule has 0 aliphatic carbocycles. The van der Waals surface area contributed by atoms with E-state index < -0.39 is 0 Å². The summed E-state index contributed by atoms with van der Waals surface area (Å²) in [5, 5.41) is 7.83. The van der Waals surface area contributed by atoms with E-state index in [4.69, 9.17) is 4.74 Å². The molecule has 174 valence electrons. The topological polar surface area (TPSA) is 55.6 Å². The first-order valence-corrected chi connectivity index (χ1v) is 11.8. The van der Waals surface area contributed by atoms with E-state index in [1.165, 1.54) is 16.3 Å². The molecule has 0 saturated heterocycles. The zero-order valence-electron chi connectivity index (χ0n) is 19.6. The Morgan fingerprint density at radius 2 is 1.66 bits per heavy atom. The Bertz CT molecular complexity index is 1490. The summed E-state index contributed by atoms with van der Waals surface area (Å²) in [6.45, 7) is 3.31. The summed E-state index contributed by atoms with van der Waals surface area (Å²) in [6.07, 6.45) is 4.07. The normalized spacial score (nSPS) is 11.3. The largest absolute Gasteiger partial charge is 0.494 e. The fourth-order valence-corrected chi connectivity index (χ4v) is 4.39. The first-order chi connectivity index (χ1) is 17.2. The van der Waals surface area contributed by atoms with Gasteiger partial charge in [-0.3, -0.25) is 4.79 Å². The average Bonchev–Trinajstić information content (AvgIpc) is 3.23. The summed E-state index contributed by atoms with van der Waals surface area (Å²) in [5.41, 5.74) is 6.92. The van der Waals surface area contributed by atoms with Gasteiger partial charge in [0.25, 0.3) is 0 Å². The molecule has 5 rings (SSSR count). The highest BCUT2D eigenvalue weighted by molar-refractivity contribution is 6.00. The lowest BCUT2D eigenvalue weighted by molar-refractivity contribution is -0.120. The van der Waals surface area contributed by atoms with E-state index in [0.29, 0.717) is 6.61 Å².